The zero-order valence-electron chi connectivity index (χ0n) is 18.1. The number of ether oxygens (including phenoxy) is 2. The molecule has 8 heteroatoms. The summed E-state index contributed by atoms with van der Waals surface area (Å²) < 4.78 is 12.1. The Labute approximate surface area is 186 Å². The number of amides is 2. The number of esters is 1. The van der Waals surface area contributed by atoms with Crippen molar-refractivity contribution in [3.63, 3.8) is 0 Å². The number of aryl methyl sites for hydroxylation is 1. The van der Waals surface area contributed by atoms with Crippen molar-refractivity contribution in [1.29, 1.82) is 0 Å². The Morgan fingerprint density at radius 1 is 1.16 bits per heavy atom. The first-order chi connectivity index (χ1) is 14.9. The minimum absolute atomic E-state index is 0.254. The normalized spacial score (nSPS) is 15.2. The lowest BCUT2D eigenvalue weighted by Crippen LogP contribution is -2.29. The molecule has 0 aliphatic carbocycles. The standard InChI is InChI=1S/C23H26N2O5S/c1-5-30-22(27)17-7-9-19(10-8-17)25-15(2)13-18(16(25)3)14-20-21(26)24(23(28)31-20)11-6-12-29-4/h7-10,13-14H,5-6,11-12H2,1-4H3/b20-14+. The Morgan fingerprint density at radius 2 is 1.87 bits per heavy atom. The van der Waals surface area contributed by atoms with Crippen LogP contribution in [0.5, 0.6) is 0 Å². The minimum Gasteiger partial charge on any atom is -0.462 e. The first kappa shape index (κ1) is 22.8. The highest BCUT2D eigenvalue weighted by atomic mass is 32.2. The maximum atomic E-state index is 12.7. The molecule has 1 aromatic heterocycles. The number of hydrogen-bond donors (Lipinski definition) is 0. The third kappa shape index (κ3) is 4.91. The Morgan fingerprint density at radius 3 is 2.52 bits per heavy atom. The topological polar surface area (TPSA) is 77.8 Å². The predicted molar refractivity (Wildman–Crippen MR) is 120 cm³/mol. The van der Waals surface area contributed by atoms with Gasteiger partial charge < -0.3 is 14.0 Å². The van der Waals surface area contributed by atoms with Gasteiger partial charge in [-0.05, 0) is 80.9 Å². The quantitative estimate of drug-likeness (QED) is 0.344. The predicted octanol–water partition coefficient (Wildman–Crippen LogP) is 4.34. The van der Waals surface area contributed by atoms with E-state index in [4.69, 9.17) is 9.47 Å². The number of imide groups is 1. The highest BCUT2D eigenvalue weighted by molar-refractivity contribution is 8.18. The summed E-state index contributed by atoms with van der Waals surface area (Å²) >= 11 is 0.961. The van der Waals surface area contributed by atoms with Crippen LogP contribution in [0.15, 0.2) is 35.2 Å². The van der Waals surface area contributed by atoms with Gasteiger partial charge in [0, 0.05) is 37.3 Å². The molecule has 1 aliphatic heterocycles. The van der Waals surface area contributed by atoms with Gasteiger partial charge >= 0.3 is 5.97 Å². The second-order valence-electron chi connectivity index (χ2n) is 7.11. The third-order valence-electron chi connectivity index (χ3n) is 5.00. The van der Waals surface area contributed by atoms with Gasteiger partial charge in [0.2, 0.25) is 0 Å². The first-order valence-electron chi connectivity index (χ1n) is 10.1. The van der Waals surface area contributed by atoms with Gasteiger partial charge in [0.05, 0.1) is 17.1 Å². The van der Waals surface area contributed by atoms with E-state index in [0.29, 0.717) is 36.6 Å². The van der Waals surface area contributed by atoms with Crippen molar-refractivity contribution < 1.29 is 23.9 Å². The SMILES string of the molecule is CCOC(=O)c1ccc(-n2c(C)cc(/C=C3/SC(=O)N(CCCOC)C3=O)c2C)cc1. The van der Waals surface area contributed by atoms with E-state index in [1.165, 1.54) is 4.90 Å². The van der Waals surface area contributed by atoms with Crippen LogP contribution in [0, 0.1) is 13.8 Å². The van der Waals surface area contributed by atoms with Crippen LogP contribution in [0.2, 0.25) is 0 Å². The van der Waals surface area contributed by atoms with Crippen molar-refractivity contribution >= 4 is 35.0 Å². The smallest absolute Gasteiger partial charge is 0.338 e. The minimum atomic E-state index is -0.350. The van der Waals surface area contributed by atoms with Gasteiger partial charge in [0.1, 0.15) is 0 Å². The van der Waals surface area contributed by atoms with Crippen molar-refractivity contribution in [3.8, 4) is 5.69 Å². The molecule has 2 aromatic rings. The van der Waals surface area contributed by atoms with E-state index in [-0.39, 0.29) is 17.1 Å². The lowest BCUT2D eigenvalue weighted by Gasteiger charge is -2.11. The Bertz CT molecular complexity index is 1020. The van der Waals surface area contributed by atoms with E-state index in [1.54, 1.807) is 32.2 Å². The highest BCUT2D eigenvalue weighted by Gasteiger charge is 2.34. The van der Waals surface area contributed by atoms with Crippen molar-refractivity contribution in [1.82, 2.24) is 9.47 Å². The van der Waals surface area contributed by atoms with Crippen molar-refractivity contribution in [2.24, 2.45) is 0 Å². The van der Waals surface area contributed by atoms with Gasteiger partial charge in [-0.1, -0.05) is 0 Å². The summed E-state index contributed by atoms with van der Waals surface area (Å²) in [6.45, 7) is 6.88. The fourth-order valence-corrected chi connectivity index (χ4v) is 4.35. The van der Waals surface area contributed by atoms with Crippen LogP contribution in [0.25, 0.3) is 11.8 Å². The molecule has 1 aromatic carbocycles. The first-order valence-corrected chi connectivity index (χ1v) is 10.9. The molecule has 0 N–H and O–H groups in total. The molecule has 0 radical (unpaired) electrons. The molecule has 0 spiro atoms. The number of methoxy groups -OCH3 is 1. The summed E-state index contributed by atoms with van der Waals surface area (Å²) in [6.07, 6.45) is 2.38. The highest BCUT2D eigenvalue weighted by Crippen LogP contribution is 2.33. The molecule has 0 unspecified atom stereocenters. The number of benzene rings is 1. The molecule has 1 fully saturated rings. The average molecular weight is 443 g/mol. The lowest BCUT2D eigenvalue weighted by molar-refractivity contribution is -0.122. The van der Waals surface area contributed by atoms with Crippen LogP contribution in [-0.4, -0.2) is 53.5 Å². The van der Waals surface area contributed by atoms with Crippen LogP contribution in [0.1, 0.15) is 40.7 Å². The molecule has 1 aliphatic rings. The van der Waals surface area contributed by atoms with E-state index < -0.39 is 0 Å². The molecule has 1 saturated heterocycles. The number of thioether (sulfide) groups is 1. The number of hydrogen-bond acceptors (Lipinski definition) is 6. The van der Waals surface area contributed by atoms with Gasteiger partial charge in [0.15, 0.2) is 0 Å². The van der Waals surface area contributed by atoms with Gasteiger partial charge in [-0.2, -0.15) is 0 Å². The number of nitrogens with zero attached hydrogens (tertiary/aromatic N) is 2. The summed E-state index contributed by atoms with van der Waals surface area (Å²) in [7, 11) is 1.59. The summed E-state index contributed by atoms with van der Waals surface area (Å²) in [5, 5.41) is -0.254. The summed E-state index contributed by atoms with van der Waals surface area (Å²) in [5.41, 5.74) is 4.18. The molecule has 3 rings (SSSR count). The molecule has 0 saturated carbocycles. The molecule has 7 nitrogen and oxygen atoms in total. The lowest BCUT2D eigenvalue weighted by atomic mass is 10.2. The molecule has 31 heavy (non-hydrogen) atoms. The second kappa shape index (κ2) is 9.98. The number of aromatic nitrogens is 1. The van der Waals surface area contributed by atoms with Crippen LogP contribution >= 0.6 is 11.8 Å². The van der Waals surface area contributed by atoms with Crippen LogP contribution in [0.3, 0.4) is 0 Å². The van der Waals surface area contributed by atoms with E-state index in [1.807, 2.05) is 36.6 Å². The number of carbonyl (C=O) groups is 3. The molecule has 2 heterocycles. The number of rotatable bonds is 8. The maximum Gasteiger partial charge on any atom is 0.338 e. The van der Waals surface area contributed by atoms with Crippen LogP contribution in [-0.2, 0) is 14.3 Å². The molecule has 164 valence electrons. The zero-order valence-corrected chi connectivity index (χ0v) is 19.0. The van der Waals surface area contributed by atoms with E-state index in [0.717, 1.165) is 34.4 Å². The van der Waals surface area contributed by atoms with E-state index in [9.17, 15) is 14.4 Å². The molecule has 0 bridgehead atoms. The average Bonchev–Trinajstić information content (AvgIpc) is 3.17. The Kier molecular flexibility index (Phi) is 7.35. The maximum absolute atomic E-state index is 12.7. The molecule has 2 amide bonds. The molecular formula is C23H26N2O5S. The molecular weight excluding hydrogens is 416 g/mol. The van der Waals surface area contributed by atoms with E-state index >= 15 is 0 Å². The Balaban J connectivity index is 1.84. The summed E-state index contributed by atoms with van der Waals surface area (Å²) in [5.74, 6) is -0.619. The van der Waals surface area contributed by atoms with Gasteiger partial charge in [0.25, 0.3) is 11.1 Å². The van der Waals surface area contributed by atoms with Crippen molar-refractivity contribution in [2.75, 3.05) is 26.9 Å². The summed E-state index contributed by atoms with van der Waals surface area (Å²) in [6, 6.07) is 9.17. The van der Waals surface area contributed by atoms with Crippen molar-refractivity contribution in [3.05, 3.63) is 57.8 Å². The molecule has 0 atom stereocenters. The van der Waals surface area contributed by atoms with Crippen LogP contribution in [0.4, 0.5) is 4.79 Å². The van der Waals surface area contributed by atoms with Gasteiger partial charge in [-0.25, -0.2) is 4.79 Å². The Hall–Kier alpha value is -2.84. The van der Waals surface area contributed by atoms with Crippen LogP contribution < -0.4 is 0 Å². The van der Waals surface area contributed by atoms with E-state index in [2.05, 4.69) is 0 Å². The third-order valence-corrected chi connectivity index (χ3v) is 5.90. The van der Waals surface area contributed by atoms with Gasteiger partial charge in [-0.15, -0.1) is 0 Å². The largest absolute Gasteiger partial charge is 0.462 e. The zero-order chi connectivity index (χ0) is 22.5. The second-order valence-corrected chi connectivity index (χ2v) is 8.10. The number of carbonyl (C=O) groups excluding carboxylic acids is 3. The van der Waals surface area contributed by atoms with Gasteiger partial charge in [-0.3, -0.25) is 14.5 Å². The fraction of sp³-hybridized carbons (Fsp3) is 0.348. The van der Waals surface area contributed by atoms with Crippen molar-refractivity contribution in [2.45, 2.75) is 27.2 Å². The summed E-state index contributed by atoms with van der Waals surface area (Å²) in [4.78, 5) is 38.5. The monoisotopic (exact) mass is 442 g/mol. The fourth-order valence-electron chi connectivity index (χ4n) is 3.49.